The van der Waals surface area contributed by atoms with E-state index in [9.17, 15) is 4.79 Å². The minimum absolute atomic E-state index is 0. The van der Waals surface area contributed by atoms with Crippen molar-refractivity contribution in [2.24, 2.45) is 0 Å². The zero-order valence-corrected chi connectivity index (χ0v) is 11.1. The molecule has 0 spiro atoms. The molecule has 16 heavy (non-hydrogen) atoms. The van der Waals surface area contributed by atoms with E-state index in [1.165, 1.54) is 0 Å². The van der Waals surface area contributed by atoms with Gasteiger partial charge in [-0.2, -0.15) is 0 Å². The summed E-state index contributed by atoms with van der Waals surface area (Å²) in [5.41, 5.74) is 0.557. The molecule has 0 aliphatic heterocycles. The standard InChI is InChI=1S/C13H10O2.Sm/c14-13(11-7-3-1-4-8-11)15-12-9-5-2-6-10-12;/h1-10H;. The Labute approximate surface area is 127 Å². The number of esters is 1. The van der Waals surface area contributed by atoms with Crippen molar-refractivity contribution in [3.05, 3.63) is 66.2 Å². The molecule has 0 saturated carbocycles. The van der Waals surface area contributed by atoms with Gasteiger partial charge in [-0.3, -0.25) is 0 Å². The third kappa shape index (κ3) is 3.68. The third-order valence-electron chi connectivity index (χ3n) is 1.96. The summed E-state index contributed by atoms with van der Waals surface area (Å²) < 4.78 is 5.16. The first kappa shape index (κ1) is 13.3. The van der Waals surface area contributed by atoms with Crippen LogP contribution < -0.4 is 4.74 Å². The van der Waals surface area contributed by atoms with Crippen LogP contribution in [0.2, 0.25) is 0 Å². The fraction of sp³-hybridized carbons (Fsp3) is 0. The Morgan fingerprint density at radius 3 is 1.88 bits per heavy atom. The number of para-hydroxylation sites is 1. The Morgan fingerprint density at radius 1 is 0.812 bits per heavy atom. The summed E-state index contributed by atoms with van der Waals surface area (Å²) >= 11 is 0. The van der Waals surface area contributed by atoms with Gasteiger partial charge in [0.05, 0.1) is 5.56 Å². The second kappa shape index (κ2) is 6.75. The molecule has 0 fully saturated rings. The largest absolute Gasteiger partial charge is 0.423 e. The Bertz CT molecular complexity index is 440. The van der Waals surface area contributed by atoms with Crippen LogP contribution in [0.5, 0.6) is 5.75 Å². The second-order valence-corrected chi connectivity index (χ2v) is 3.07. The van der Waals surface area contributed by atoms with Crippen LogP contribution in [-0.2, 0) is 0 Å². The minimum Gasteiger partial charge on any atom is -0.423 e. The van der Waals surface area contributed by atoms with Crippen LogP contribution in [0.3, 0.4) is 0 Å². The number of carbonyl (C=O) groups excluding carboxylic acids is 1. The zero-order valence-electron chi connectivity index (χ0n) is 8.50. The molecule has 0 unspecified atom stereocenters. The van der Waals surface area contributed by atoms with Crippen molar-refractivity contribution < 1.29 is 49.9 Å². The predicted molar refractivity (Wildman–Crippen MR) is 57.8 cm³/mol. The summed E-state index contributed by atoms with van der Waals surface area (Å²) in [6.45, 7) is 0. The Morgan fingerprint density at radius 2 is 1.31 bits per heavy atom. The van der Waals surface area contributed by atoms with Crippen molar-refractivity contribution >= 4 is 5.97 Å². The number of rotatable bonds is 2. The van der Waals surface area contributed by atoms with Crippen LogP contribution in [-0.4, -0.2) is 5.97 Å². The van der Waals surface area contributed by atoms with Crippen molar-refractivity contribution in [2.45, 2.75) is 0 Å². The van der Waals surface area contributed by atoms with Crippen molar-refractivity contribution in [3.63, 3.8) is 0 Å². The maximum atomic E-state index is 11.6. The van der Waals surface area contributed by atoms with E-state index in [1.807, 2.05) is 36.4 Å². The Hall–Kier alpha value is -0.752. The molecule has 0 N–H and O–H groups in total. The number of carbonyl (C=O) groups is 1. The van der Waals surface area contributed by atoms with Crippen LogP contribution in [0.15, 0.2) is 60.7 Å². The quantitative estimate of drug-likeness (QED) is 0.616. The van der Waals surface area contributed by atoms with Gasteiger partial charge in [-0.1, -0.05) is 36.4 Å². The van der Waals surface area contributed by atoms with E-state index in [2.05, 4.69) is 0 Å². The topological polar surface area (TPSA) is 26.3 Å². The first-order chi connectivity index (χ1) is 7.36. The van der Waals surface area contributed by atoms with E-state index < -0.39 is 0 Å². The Balaban J connectivity index is 0.00000128. The summed E-state index contributed by atoms with van der Waals surface area (Å²) in [4.78, 5) is 11.6. The van der Waals surface area contributed by atoms with Gasteiger partial charge in [0.2, 0.25) is 0 Å². The molecule has 80 valence electrons. The van der Waals surface area contributed by atoms with Gasteiger partial charge in [0, 0.05) is 40.4 Å². The number of hydrogen-bond acceptors (Lipinski definition) is 2. The van der Waals surface area contributed by atoms with E-state index in [0.717, 1.165) is 0 Å². The second-order valence-electron chi connectivity index (χ2n) is 3.07. The van der Waals surface area contributed by atoms with Crippen LogP contribution in [0.4, 0.5) is 0 Å². The summed E-state index contributed by atoms with van der Waals surface area (Å²) in [5.74, 6) is 0.230. The van der Waals surface area contributed by atoms with Gasteiger partial charge in [0.1, 0.15) is 5.75 Å². The first-order valence-electron chi connectivity index (χ1n) is 4.68. The molecule has 3 heteroatoms. The van der Waals surface area contributed by atoms with E-state index in [0.29, 0.717) is 11.3 Å². The maximum Gasteiger partial charge on any atom is 0.343 e. The van der Waals surface area contributed by atoms with Crippen LogP contribution in [0.1, 0.15) is 10.4 Å². The molecule has 0 bridgehead atoms. The summed E-state index contributed by atoms with van der Waals surface area (Å²) in [5, 5.41) is 0. The van der Waals surface area contributed by atoms with Crippen molar-refractivity contribution in [2.75, 3.05) is 0 Å². The van der Waals surface area contributed by atoms with Crippen molar-refractivity contribution in [1.29, 1.82) is 0 Å². The van der Waals surface area contributed by atoms with E-state index in [4.69, 9.17) is 4.74 Å². The summed E-state index contributed by atoms with van der Waals surface area (Å²) in [6, 6.07) is 18.0. The monoisotopic (exact) mass is 350 g/mol. The Kier molecular flexibility index (Phi) is 5.62. The van der Waals surface area contributed by atoms with E-state index in [-0.39, 0.29) is 46.4 Å². The van der Waals surface area contributed by atoms with Crippen molar-refractivity contribution in [1.82, 2.24) is 0 Å². The fourth-order valence-corrected chi connectivity index (χ4v) is 1.23. The van der Waals surface area contributed by atoms with E-state index in [1.54, 1.807) is 24.3 Å². The first-order valence-corrected chi connectivity index (χ1v) is 4.68. The van der Waals surface area contributed by atoms with Gasteiger partial charge in [-0.15, -0.1) is 0 Å². The molecule has 0 aliphatic rings. The molecule has 0 saturated heterocycles. The fourth-order valence-electron chi connectivity index (χ4n) is 1.23. The smallest absolute Gasteiger partial charge is 0.343 e. The van der Waals surface area contributed by atoms with Crippen molar-refractivity contribution in [3.8, 4) is 5.75 Å². The molecule has 0 atom stereocenters. The maximum absolute atomic E-state index is 11.6. The molecular weight excluding hydrogens is 339 g/mol. The minimum atomic E-state index is -0.332. The van der Waals surface area contributed by atoms with Gasteiger partial charge in [0.15, 0.2) is 0 Å². The number of benzene rings is 2. The molecule has 0 aliphatic carbocycles. The molecule has 2 rings (SSSR count). The molecular formula is C13H10O2Sm. The van der Waals surface area contributed by atoms with Crippen LogP contribution in [0, 0.1) is 40.4 Å². The molecule has 0 radical (unpaired) electrons. The normalized spacial score (nSPS) is 9.00. The third-order valence-corrected chi connectivity index (χ3v) is 1.96. The van der Waals surface area contributed by atoms with E-state index >= 15 is 0 Å². The predicted octanol–water partition coefficient (Wildman–Crippen LogP) is 2.91. The SMILES string of the molecule is O=C(Oc1ccccc1)c1ccccc1.[Sm]. The van der Waals surface area contributed by atoms with Gasteiger partial charge in [-0.05, 0) is 24.3 Å². The zero-order chi connectivity index (χ0) is 10.5. The molecule has 0 amide bonds. The average Bonchev–Trinajstić information content (AvgIpc) is 2.31. The molecule has 2 aromatic carbocycles. The summed E-state index contributed by atoms with van der Waals surface area (Å²) in [6.07, 6.45) is 0. The van der Waals surface area contributed by atoms with Crippen LogP contribution >= 0.6 is 0 Å². The number of hydrogen-bond donors (Lipinski definition) is 0. The molecule has 0 aromatic heterocycles. The van der Waals surface area contributed by atoms with Gasteiger partial charge in [-0.25, -0.2) is 4.79 Å². The average molecular weight is 349 g/mol. The van der Waals surface area contributed by atoms with Crippen LogP contribution in [0.25, 0.3) is 0 Å². The van der Waals surface area contributed by atoms with Gasteiger partial charge in [0.25, 0.3) is 0 Å². The molecule has 2 aromatic rings. The van der Waals surface area contributed by atoms with Gasteiger partial charge < -0.3 is 4.74 Å². The molecule has 0 heterocycles. The van der Waals surface area contributed by atoms with Gasteiger partial charge >= 0.3 is 5.97 Å². The summed E-state index contributed by atoms with van der Waals surface area (Å²) in [7, 11) is 0. The molecule has 2 nitrogen and oxygen atoms in total. The number of ether oxygens (including phenoxy) is 1.